The Morgan fingerprint density at radius 2 is 1.81 bits per heavy atom. The second-order valence-corrected chi connectivity index (χ2v) is 6.64. The second-order valence-electron chi connectivity index (χ2n) is 6.64. The van der Waals surface area contributed by atoms with Gasteiger partial charge in [0.25, 0.3) is 0 Å². The largest absolute Gasteiger partial charge is 0.461 e. The third-order valence-electron chi connectivity index (χ3n) is 4.48. The Balaban J connectivity index is 1.38. The Kier molecular flexibility index (Phi) is 7.07. The highest BCUT2D eigenvalue weighted by atomic mass is 16.5. The Hall–Kier alpha value is -2.57. The maximum absolute atomic E-state index is 11.9. The van der Waals surface area contributed by atoms with Crippen LogP contribution in [0.2, 0.25) is 0 Å². The maximum atomic E-state index is 11.9. The highest BCUT2D eigenvalue weighted by Gasteiger charge is 2.12. The number of nitrogens with one attached hydrogen (secondary N) is 1. The second kappa shape index (κ2) is 9.94. The zero-order valence-electron chi connectivity index (χ0n) is 15.5. The summed E-state index contributed by atoms with van der Waals surface area (Å²) >= 11 is 0. The van der Waals surface area contributed by atoms with Crippen molar-refractivity contribution in [1.29, 1.82) is 0 Å². The standard InChI is InChI=1S/C21H27N3O3/c22-18(14-21(25)27-16-17-4-2-1-3-5-17)15-23-19-6-8-20(9-7-19)24-10-12-26-13-11-24/h1-9,18,23H,10-16,22H2/t18-/m0/s1. The zero-order valence-corrected chi connectivity index (χ0v) is 15.5. The number of nitrogens with zero attached hydrogens (tertiary/aromatic N) is 1. The van der Waals surface area contributed by atoms with Crippen molar-refractivity contribution >= 4 is 17.3 Å². The Morgan fingerprint density at radius 1 is 1.11 bits per heavy atom. The van der Waals surface area contributed by atoms with Gasteiger partial charge in [-0.15, -0.1) is 0 Å². The van der Waals surface area contributed by atoms with Gasteiger partial charge < -0.3 is 25.4 Å². The first-order chi connectivity index (χ1) is 13.2. The van der Waals surface area contributed by atoms with Gasteiger partial charge in [0.15, 0.2) is 0 Å². The molecule has 1 heterocycles. The van der Waals surface area contributed by atoms with E-state index >= 15 is 0 Å². The minimum absolute atomic E-state index is 0.186. The van der Waals surface area contributed by atoms with Crippen molar-refractivity contribution in [3.63, 3.8) is 0 Å². The van der Waals surface area contributed by atoms with E-state index in [4.69, 9.17) is 15.2 Å². The molecule has 1 fully saturated rings. The molecule has 0 radical (unpaired) electrons. The van der Waals surface area contributed by atoms with Crippen LogP contribution in [0.1, 0.15) is 12.0 Å². The Morgan fingerprint density at radius 3 is 2.52 bits per heavy atom. The van der Waals surface area contributed by atoms with E-state index < -0.39 is 0 Å². The molecule has 0 saturated carbocycles. The molecule has 6 nitrogen and oxygen atoms in total. The van der Waals surface area contributed by atoms with Crippen LogP contribution in [0.15, 0.2) is 54.6 Å². The monoisotopic (exact) mass is 369 g/mol. The van der Waals surface area contributed by atoms with Crippen LogP contribution in [0.3, 0.4) is 0 Å². The molecule has 0 aromatic heterocycles. The van der Waals surface area contributed by atoms with E-state index in [2.05, 4.69) is 22.3 Å². The first-order valence-electron chi connectivity index (χ1n) is 9.32. The number of rotatable bonds is 8. The number of hydrogen-bond donors (Lipinski definition) is 2. The molecule has 3 N–H and O–H groups in total. The summed E-state index contributed by atoms with van der Waals surface area (Å²) in [6.45, 7) is 4.18. The van der Waals surface area contributed by atoms with Crippen LogP contribution < -0.4 is 16.0 Å². The fraction of sp³-hybridized carbons (Fsp3) is 0.381. The smallest absolute Gasteiger partial charge is 0.307 e. The number of hydrogen-bond acceptors (Lipinski definition) is 6. The molecule has 2 aromatic rings. The molecule has 1 aliphatic rings. The molecule has 144 valence electrons. The number of benzene rings is 2. The quantitative estimate of drug-likeness (QED) is 0.696. The van der Waals surface area contributed by atoms with Crippen LogP contribution >= 0.6 is 0 Å². The van der Waals surface area contributed by atoms with E-state index in [1.165, 1.54) is 5.69 Å². The van der Waals surface area contributed by atoms with Crippen LogP contribution in [-0.2, 0) is 20.9 Å². The predicted octanol–water partition coefficient (Wildman–Crippen LogP) is 2.40. The molecule has 0 bridgehead atoms. The van der Waals surface area contributed by atoms with Gasteiger partial charge in [-0.2, -0.15) is 0 Å². The number of ether oxygens (including phenoxy) is 2. The van der Waals surface area contributed by atoms with Crippen molar-refractivity contribution in [2.75, 3.05) is 43.1 Å². The number of carbonyl (C=O) groups excluding carboxylic acids is 1. The molecular formula is C21H27N3O3. The first kappa shape index (κ1) is 19.2. The van der Waals surface area contributed by atoms with Crippen molar-refractivity contribution in [2.24, 2.45) is 5.73 Å². The lowest BCUT2D eigenvalue weighted by Crippen LogP contribution is -2.36. The molecule has 0 unspecified atom stereocenters. The van der Waals surface area contributed by atoms with Gasteiger partial charge in [-0.1, -0.05) is 30.3 Å². The average Bonchev–Trinajstić information content (AvgIpc) is 2.72. The van der Waals surface area contributed by atoms with Gasteiger partial charge in [-0.05, 0) is 29.8 Å². The number of carbonyl (C=O) groups is 1. The summed E-state index contributed by atoms with van der Waals surface area (Å²) in [7, 11) is 0. The van der Waals surface area contributed by atoms with Crippen LogP contribution in [-0.4, -0.2) is 44.9 Å². The number of nitrogens with two attached hydrogens (primary N) is 1. The highest BCUT2D eigenvalue weighted by Crippen LogP contribution is 2.19. The van der Waals surface area contributed by atoms with Crippen molar-refractivity contribution in [1.82, 2.24) is 0 Å². The van der Waals surface area contributed by atoms with Gasteiger partial charge in [0.2, 0.25) is 0 Å². The molecule has 1 aliphatic heterocycles. The van der Waals surface area contributed by atoms with Crippen molar-refractivity contribution < 1.29 is 14.3 Å². The minimum atomic E-state index is -0.299. The van der Waals surface area contributed by atoms with E-state index in [1.54, 1.807) is 0 Å². The molecule has 0 spiro atoms. The summed E-state index contributed by atoms with van der Waals surface area (Å²) in [6, 6.07) is 17.6. The van der Waals surface area contributed by atoms with Crippen molar-refractivity contribution in [3.05, 3.63) is 60.2 Å². The number of morpholine rings is 1. The average molecular weight is 369 g/mol. The van der Waals surface area contributed by atoms with E-state index in [-0.39, 0.29) is 25.0 Å². The molecule has 3 rings (SSSR count). The topological polar surface area (TPSA) is 76.8 Å². The predicted molar refractivity (Wildman–Crippen MR) is 107 cm³/mol. The molecule has 0 amide bonds. The first-order valence-corrected chi connectivity index (χ1v) is 9.32. The van der Waals surface area contributed by atoms with Gasteiger partial charge >= 0.3 is 5.97 Å². The molecule has 27 heavy (non-hydrogen) atoms. The van der Waals surface area contributed by atoms with Crippen molar-refractivity contribution in [2.45, 2.75) is 19.1 Å². The SMILES string of the molecule is N[C@H](CNc1ccc(N2CCOCC2)cc1)CC(=O)OCc1ccccc1. The van der Waals surface area contributed by atoms with Gasteiger partial charge in [0.05, 0.1) is 19.6 Å². The maximum Gasteiger partial charge on any atom is 0.307 e. The van der Waals surface area contributed by atoms with Gasteiger partial charge in [-0.3, -0.25) is 4.79 Å². The lowest BCUT2D eigenvalue weighted by molar-refractivity contribution is -0.145. The lowest BCUT2D eigenvalue weighted by Gasteiger charge is -2.29. The number of esters is 1. The fourth-order valence-electron chi connectivity index (χ4n) is 2.94. The van der Waals surface area contributed by atoms with Crippen molar-refractivity contribution in [3.8, 4) is 0 Å². The summed E-state index contributed by atoms with van der Waals surface area (Å²) in [4.78, 5) is 14.2. The van der Waals surface area contributed by atoms with E-state index in [9.17, 15) is 4.79 Å². The van der Waals surface area contributed by atoms with E-state index in [1.807, 2.05) is 42.5 Å². The van der Waals surface area contributed by atoms with Crippen LogP contribution in [0.25, 0.3) is 0 Å². The summed E-state index contributed by atoms with van der Waals surface area (Å²) < 4.78 is 10.6. The Bertz CT molecular complexity index is 700. The van der Waals surface area contributed by atoms with Crippen LogP contribution in [0, 0.1) is 0 Å². The Labute approximate surface area is 160 Å². The number of anilines is 2. The minimum Gasteiger partial charge on any atom is -0.461 e. The van der Waals surface area contributed by atoms with E-state index in [0.717, 1.165) is 37.6 Å². The highest BCUT2D eigenvalue weighted by molar-refractivity contribution is 5.70. The molecule has 0 aliphatic carbocycles. The molecule has 1 saturated heterocycles. The van der Waals surface area contributed by atoms with Crippen LogP contribution in [0.5, 0.6) is 0 Å². The van der Waals surface area contributed by atoms with Gasteiger partial charge in [-0.25, -0.2) is 0 Å². The third-order valence-corrected chi connectivity index (χ3v) is 4.48. The molecule has 2 aromatic carbocycles. The summed E-state index contributed by atoms with van der Waals surface area (Å²) in [6.07, 6.45) is 0.186. The zero-order chi connectivity index (χ0) is 18.9. The molecule has 1 atom stereocenters. The van der Waals surface area contributed by atoms with Gasteiger partial charge in [0, 0.05) is 37.1 Å². The molecule has 6 heteroatoms. The normalized spacial score (nSPS) is 15.2. The lowest BCUT2D eigenvalue weighted by atomic mass is 10.2. The molecular weight excluding hydrogens is 342 g/mol. The summed E-state index contributed by atoms with van der Waals surface area (Å²) in [5, 5.41) is 3.28. The third kappa shape index (κ3) is 6.27. The van der Waals surface area contributed by atoms with Gasteiger partial charge in [0.1, 0.15) is 6.61 Å². The van der Waals surface area contributed by atoms with Crippen LogP contribution in [0.4, 0.5) is 11.4 Å². The van der Waals surface area contributed by atoms with E-state index in [0.29, 0.717) is 6.54 Å². The summed E-state index contributed by atoms with van der Waals surface area (Å²) in [5.41, 5.74) is 9.20. The fourth-order valence-corrected chi connectivity index (χ4v) is 2.94. The summed E-state index contributed by atoms with van der Waals surface area (Å²) in [5.74, 6) is -0.282.